The molecule has 1 aliphatic carbocycles. The number of ketones is 1. The number of Topliss-reactive ketones (excluding diaryl/α,β-unsaturated/α-hetero) is 1. The highest BCUT2D eigenvalue weighted by Gasteiger charge is 2.46. The summed E-state index contributed by atoms with van der Waals surface area (Å²) in [6.07, 6.45) is 4.04. The number of thiophene rings is 1. The first kappa shape index (κ1) is 21.3. The van der Waals surface area contributed by atoms with Crippen molar-refractivity contribution in [1.29, 1.82) is 5.26 Å². The Morgan fingerprint density at radius 1 is 1.17 bits per heavy atom. The van der Waals surface area contributed by atoms with Gasteiger partial charge in [0.2, 0.25) is 0 Å². The Hall–Kier alpha value is -3.97. The number of nitriles is 1. The van der Waals surface area contributed by atoms with Gasteiger partial charge in [-0.15, -0.1) is 0 Å². The minimum absolute atomic E-state index is 0.0145. The number of allylic oxidation sites excluding steroid dienone is 3. The number of hydrogen-bond acceptors (Lipinski definition) is 9. The number of nitro benzene ring substituents is 1. The largest absolute Gasteiger partial charge is 0.383 e. The van der Waals surface area contributed by atoms with E-state index in [1.807, 2.05) is 4.90 Å². The number of nitrogens with two attached hydrogens (primary N) is 1. The van der Waals surface area contributed by atoms with Crippen LogP contribution in [0.1, 0.15) is 60.6 Å². The van der Waals surface area contributed by atoms with Crippen LogP contribution in [0, 0.1) is 21.4 Å². The smallest absolute Gasteiger partial charge is 0.269 e. The predicted molar refractivity (Wildman–Crippen MR) is 136 cm³/mol. The summed E-state index contributed by atoms with van der Waals surface area (Å²) in [6.45, 7) is 2.07. The van der Waals surface area contributed by atoms with E-state index in [9.17, 15) is 20.2 Å². The lowest BCUT2D eigenvalue weighted by molar-refractivity contribution is -0.384. The van der Waals surface area contributed by atoms with Gasteiger partial charge in [0.25, 0.3) is 5.69 Å². The van der Waals surface area contributed by atoms with E-state index in [1.165, 1.54) is 22.7 Å². The average Bonchev–Trinajstić information content (AvgIpc) is 3.32. The van der Waals surface area contributed by atoms with Crippen LogP contribution in [0.5, 0.6) is 0 Å². The second-order valence-corrected chi connectivity index (χ2v) is 10.8. The Morgan fingerprint density at radius 3 is 2.61 bits per heavy atom. The Kier molecular flexibility index (Phi) is 4.45. The Labute approximate surface area is 211 Å². The van der Waals surface area contributed by atoms with E-state index < -0.39 is 10.8 Å². The highest BCUT2D eigenvalue weighted by atomic mass is 32.1. The topological polar surface area (TPSA) is 129 Å². The summed E-state index contributed by atoms with van der Waals surface area (Å²) in [5.41, 5.74) is 11.3. The van der Waals surface area contributed by atoms with Crippen LogP contribution in [0.4, 0.5) is 15.7 Å². The van der Waals surface area contributed by atoms with E-state index in [0.717, 1.165) is 48.6 Å². The summed E-state index contributed by atoms with van der Waals surface area (Å²) in [5, 5.41) is 23.8. The third-order valence-electron chi connectivity index (χ3n) is 8.07. The number of carbonyl (C=O) groups excluding carboxylic acids is 1. The molecule has 2 aromatic rings. The van der Waals surface area contributed by atoms with Crippen molar-refractivity contribution in [3.05, 3.63) is 73.7 Å². The zero-order valence-electron chi connectivity index (χ0n) is 19.4. The third kappa shape index (κ3) is 2.74. The molecule has 9 nitrogen and oxygen atoms in total. The van der Waals surface area contributed by atoms with Crippen LogP contribution in [0.2, 0.25) is 0 Å². The SMILES string of the molecule is N#CC1=C2N=C(N)c3c(sc4c3C3CCN4CC3)N2C2=C(C(=O)CCC2)[C@@H]1c1ccc([N+](=O)[O-])cc1. The zero-order valence-corrected chi connectivity index (χ0v) is 20.2. The second kappa shape index (κ2) is 7.51. The Morgan fingerprint density at radius 2 is 1.92 bits per heavy atom. The van der Waals surface area contributed by atoms with Crippen LogP contribution in [-0.4, -0.2) is 29.6 Å². The van der Waals surface area contributed by atoms with Crippen LogP contribution in [-0.2, 0) is 4.79 Å². The molecule has 180 valence electrons. The van der Waals surface area contributed by atoms with Gasteiger partial charge in [0.05, 0.1) is 33.0 Å². The molecule has 0 saturated carbocycles. The van der Waals surface area contributed by atoms with E-state index in [0.29, 0.717) is 47.1 Å². The fourth-order valence-corrected chi connectivity index (χ4v) is 7.95. The Bertz CT molecular complexity index is 1500. The van der Waals surface area contributed by atoms with E-state index in [4.69, 9.17) is 10.7 Å². The quantitative estimate of drug-likeness (QED) is 0.479. The highest BCUT2D eigenvalue weighted by molar-refractivity contribution is 7.21. The molecular weight excluding hydrogens is 476 g/mol. The van der Waals surface area contributed by atoms with Gasteiger partial charge in [-0.3, -0.25) is 19.8 Å². The minimum atomic E-state index is -0.627. The van der Waals surface area contributed by atoms with Gasteiger partial charge in [-0.2, -0.15) is 5.26 Å². The molecule has 0 spiro atoms. The van der Waals surface area contributed by atoms with E-state index >= 15 is 0 Å². The van der Waals surface area contributed by atoms with Gasteiger partial charge in [0, 0.05) is 48.5 Å². The van der Waals surface area contributed by atoms with Crippen molar-refractivity contribution >= 4 is 38.6 Å². The molecule has 1 aromatic heterocycles. The number of aliphatic imine (C=N–C) groups is 1. The molecule has 36 heavy (non-hydrogen) atoms. The van der Waals surface area contributed by atoms with Gasteiger partial charge in [-0.1, -0.05) is 23.5 Å². The number of benzene rings is 1. The number of non-ortho nitro benzene ring substituents is 1. The number of nitrogens with zero attached hydrogens (tertiary/aromatic N) is 5. The van der Waals surface area contributed by atoms with Crippen LogP contribution in [0.15, 0.2) is 51.9 Å². The van der Waals surface area contributed by atoms with Gasteiger partial charge in [-0.25, -0.2) is 4.99 Å². The van der Waals surface area contributed by atoms with Gasteiger partial charge in [0.15, 0.2) is 11.6 Å². The fraction of sp³-hybridized carbons (Fsp3) is 0.346. The monoisotopic (exact) mass is 498 g/mol. The van der Waals surface area contributed by atoms with E-state index in [2.05, 4.69) is 11.0 Å². The predicted octanol–water partition coefficient (Wildman–Crippen LogP) is 4.42. The van der Waals surface area contributed by atoms with Gasteiger partial charge < -0.3 is 10.6 Å². The van der Waals surface area contributed by atoms with Crippen LogP contribution in [0.3, 0.4) is 0 Å². The summed E-state index contributed by atoms with van der Waals surface area (Å²) in [5.74, 6) is 0.737. The number of hydrogen-bond donors (Lipinski definition) is 1. The molecule has 5 aliphatic heterocycles. The molecule has 8 rings (SSSR count). The van der Waals surface area contributed by atoms with Crippen molar-refractivity contribution in [1.82, 2.24) is 0 Å². The molecule has 10 heteroatoms. The molecule has 0 radical (unpaired) electrons. The molecular formula is C26H22N6O3S. The molecule has 2 N–H and O–H groups in total. The maximum atomic E-state index is 13.4. The van der Waals surface area contributed by atoms with Crippen LogP contribution in [0.25, 0.3) is 0 Å². The van der Waals surface area contributed by atoms with Crippen molar-refractivity contribution in [3.8, 4) is 6.07 Å². The van der Waals surface area contributed by atoms with Gasteiger partial charge in [-0.05, 0) is 37.2 Å². The molecule has 0 unspecified atom stereocenters. The van der Waals surface area contributed by atoms with E-state index in [1.54, 1.807) is 23.5 Å². The number of piperidine rings is 1. The third-order valence-corrected chi connectivity index (χ3v) is 9.32. The number of carbonyl (C=O) groups is 1. The minimum Gasteiger partial charge on any atom is -0.383 e. The molecule has 1 atom stereocenters. The fourth-order valence-electron chi connectivity index (χ4n) is 6.47. The lowest BCUT2D eigenvalue weighted by Crippen LogP contribution is -2.40. The number of rotatable bonds is 2. The maximum absolute atomic E-state index is 13.4. The first-order valence-electron chi connectivity index (χ1n) is 12.2. The highest BCUT2D eigenvalue weighted by Crippen LogP contribution is 2.57. The molecule has 1 aromatic carbocycles. The lowest BCUT2D eigenvalue weighted by atomic mass is 9.75. The van der Waals surface area contributed by atoms with Crippen molar-refractivity contribution < 1.29 is 9.72 Å². The zero-order chi connectivity index (χ0) is 24.7. The summed E-state index contributed by atoms with van der Waals surface area (Å²) < 4.78 is 0. The Balaban J connectivity index is 1.47. The summed E-state index contributed by atoms with van der Waals surface area (Å²) in [7, 11) is 0. The van der Waals surface area contributed by atoms with E-state index in [-0.39, 0.29) is 11.5 Å². The van der Waals surface area contributed by atoms with Crippen molar-refractivity contribution in [2.24, 2.45) is 10.7 Å². The van der Waals surface area contributed by atoms with Crippen molar-refractivity contribution in [3.63, 3.8) is 0 Å². The summed E-state index contributed by atoms with van der Waals surface area (Å²) in [6, 6.07) is 8.45. The molecule has 2 bridgehead atoms. The number of anilines is 2. The normalized spacial score (nSPS) is 22.6. The number of nitro groups is 1. The molecule has 1 fully saturated rings. The lowest BCUT2D eigenvalue weighted by Gasteiger charge is -2.41. The molecule has 6 heterocycles. The second-order valence-electron chi connectivity index (χ2n) is 9.86. The standard InChI is InChI=1S/C26H22N6O3S/c27-12-16-19(13-4-6-15(7-5-13)32(34)35)21-17(2-1-3-18(21)33)31-24(16)29-23(28)22-20-14-8-10-30(11-9-14)25(20)36-26(22)31/h4-7,14,19H,1-3,8-11H2,(H2,28,29)/t19-/m1/s1. The van der Waals surface area contributed by atoms with Gasteiger partial charge >= 0.3 is 0 Å². The first-order chi connectivity index (χ1) is 17.5. The summed E-state index contributed by atoms with van der Waals surface area (Å²) in [4.78, 5) is 33.4. The first-order valence-corrected chi connectivity index (χ1v) is 13.0. The average molecular weight is 499 g/mol. The van der Waals surface area contributed by atoms with Crippen LogP contribution >= 0.6 is 11.3 Å². The van der Waals surface area contributed by atoms with Crippen LogP contribution < -0.4 is 15.5 Å². The number of fused-ring (bicyclic) bond motifs is 6. The maximum Gasteiger partial charge on any atom is 0.269 e. The molecule has 0 amide bonds. The number of amidine groups is 1. The summed E-state index contributed by atoms with van der Waals surface area (Å²) >= 11 is 1.69. The van der Waals surface area contributed by atoms with Crippen molar-refractivity contribution in [2.45, 2.75) is 43.9 Å². The van der Waals surface area contributed by atoms with Crippen molar-refractivity contribution in [2.75, 3.05) is 22.9 Å². The molecule has 6 aliphatic rings. The molecule has 1 saturated heterocycles. The van der Waals surface area contributed by atoms with Gasteiger partial charge in [0.1, 0.15) is 10.8 Å².